The summed E-state index contributed by atoms with van der Waals surface area (Å²) in [6.45, 7) is 11.0. The molecule has 0 aliphatic rings. The van der Waals surface area contributed by atoms with Gasteiger partial charge in [-0.15, -0.1) is 0 Å². The molecule has 0 saturated carbocycles. The third kappa shape index (κ3) is 6.45. The summed E-state index contributed by atoms with van der Waals surface area (Å²) in [5.41, 5.74) is 4.02. The molecule has 0 spiro atoms. The number of alkyl halides is 3. The molecule has 42 heavy (non-hydrogen) atoms. The molecule has 4 rings (SSSR count). The number of carboxylic acid groups (broad SMARTS) is 1. The number of hydrogen-bond donors (Lipinski definition) is 2. The zero-order chi connectivity index (χ0) is 30.9. The molecule has 1 heterocycles. The first kappa shape index (κ1) is 30.7. The minimum atomic E-state index is -4.62. The van der Waals surface area contributed by atoms with E-state index in [1.54, 1.807) is 22.8 Å². The molecule has 2 unspecified atom stereocenters. The summed E-state index contributed by atoms with van der Waals surface area (Å²) >= 11 is 0. The van der Waals surface area contributed by atoms with Crippen molar-refractivity contribution < 1.29 is 32.6 Å². The standard InChI is InChI=1S/C33H35F3N2O4/c1-18(2)23-8-7-9-24(14-23)20(4)37-31(39)25-10-13-30-28(16-25)19(3)21(5)38(30)17-26-15-27(42-22(6)32(40)41)11-12-29(26)33(34,35)36/h7-16,18,20,22H,17H2,1-6H3,(H,37,39)(H,40,41). The van der Waals surface area contributed by atoms with Gasteiger partial charge in [0.15, 0.2) is 6.10 Å². The Hall–Kier alpha value is -4.27. The van der Waals surface area contributed by atoms with E-state index in [-0.39, 0.29) is 29.8 Å². The number of hydrogen-bond acceptors (Lipinski definition) is 3. The molecule has 6 nitrogen and oxygen atoms in total. The quantitative estimate of drug-likeness (QED) is 0.212. The maximum absolute atomic E-state index is 13.9. The number of ether oxygens (including phenoxy) is 1. The Kier molecular flexibility index (Phi) is 8.71. The molecule has 9 heteroatoms. The Balaban J connectivity index is 1.66. The van der Waals surface area contributed by atoms with Gasteiger partial charge in [0.25, 0.3) is 5.91 Å². The average molecular weight is 581 g/mol. The Morgan fingerprint density at radius 2 is 1.64 bits per heavy atom. The minimum Gasteiger partial charge on any atom is -0.479 e. The molecule has 0 fully saturated rings. The number of nitrogens with one attached hydrogen (secondary N) is 1. The third-order valence-corrected chi connectivity index (χ3v) is 7.70. The van der Waals surface area contributed by atoms with Gasteiger partial charge in [0.1, 0.15) is 5.75 Å². The molecule has 1 amide bonds. The van der Waals surface area contributed by atoms with E-state index in [2.05, 4.69) is 31.3 Å². The number of aryl methyl sites for hydroxylation is 1. The van der Waals surface area contributed by atoms with Gasteiger partial charge < -0.3 is 19.7 Å². The molecule has 0 aliphatic heterocycles. The van der Waals surface area contributed by atoms with Crippen molar-refractivity contribution in [2.75, 3.05) is 0 Å². The maximum atomic E-state index is 13.9. The second-order valence-corrected chi connectivity index (χ2v) is 11.0. The second kappa shape index (κ2) is 11.9. The Labute approximate surface area is 243 Å². The van der Waals surface area contributed by atoms with Gasteiger partial charge in [-0.05, 0) is 92.3 Å². The summed E-state index contributed by atoms with van der Waals surface area (Å²) < 4.78 is 48.9. The lowest BCUT2D eigenvalue weighted by Gasteiger charge is -2.18. The van der Waals surface area contributed by atoms with Gasteiger partial charge in [0.05, 0.1) is 11.6 Å². The Morgan fingerprint density at radius 1 is 0.952 bits per heavy atom. The first-order valence-electron chi connectivity index (χ1n) is 13.8. The van der Waals surface area contributed by atoms with Gasteiger partial charge in [-0.25, -0.2) is 4.79 Å². The van der Waals surface area contributed by atoms with Crippen LogP contribution in [0.25, 0.3) is 10.9 Å². The SMILES string of the molecule is Cc1c(C)n(Cc2cc(OC(C)C(=O)O)ccc2C(F)(F)F)c2ccc(C(=O)NC(C)c3cccc(C(C)C)c3)cc12. The van der Waals surface area contributed by atoms with Crippen LogP contribution < -0.4 is 10.1 Å². The third-order valence-electron chi connectivity index (χ3n) is 7.70. The lowest BCUT2D eigenvalue weighted by atomic mass is 9.98. The van der Waals surface area contributed by atoms with Gasteiger partial charge in [-0.1, -0.05) is 38.1 Å². The van der Waals surface area contributed by atoms with Crippen molar-refractivity contribution in [1.82, 2.24) is 9.88 Å². The predicted octanol–water partition coefficient (Wildman–Crippen LogP) is 7.79. The van der Waals surface area contributed by atoms with Crippen LogP contribution in [0.1, 0.15) is 83.5 Å². The first-order chi connectivity index (χ1) is 19.7. The van der Waals surface area contributed by atoms with Crippen LogP contribution in [0, 0.1) is 13.8 Å². The number of amides is 1. The van der Waals surface area contributed by atoms with Crippen molar-refractivity contribution in [1.29, 1.82) is 0 Å². The number of rotatable bonds is 9. The predicted molar refractivity (Wildman–Crippen MR) is 156 cm³/mol. The summed E-state index contributed by atoms with van der Waals surface area (Å²) in [5, 5.41) is 13.0. The summed E-state index contributed by atoms with van der Waals surface area (Å²) in [4.78, 5) is 24.4. The topological polar surface area (TPSA) is 80.6 Å². The number of carbonyl (C=O) groups is 2. The summed E-state index contributed by atoms with van der Waals surface area (Å²) in [6.07, 6.45) is -5.84. The zero-order valence-corrected chi connectivity index (χ0v) is 24.5. The normalized spacial score (nSPS) is 13.3. The highest BCUT2D eigenvalue weighted by Gasteiger charge is 2.34. The van der Waals surface area contributed by atoms with E-state index in [0.29, 0.717) is 17.0 Å². The highest BCUT2D eigenvalue weighted by molar-refractivity contribution is 5.99. The smallest absolute Gasteiger partial charge is 0.416 e. The van der Waals surface area contributed by atoms with E-state index >= 15 is 0 Å². The molecule has 3 aromatic carbocycles. The summed E-state index contributed by atoms with van der Waals surface area (Å²) in [6, 6.07) is 16.3. The lowest BCUT2D eigenvalue weighted by molar-refractivity contribution is -0.144. The van der Waals surface area contributed by atoms with Crippen molar-refractivity contribution in [3.8, 4) is 5.75 Å². The fraction of sp³-hybridized carbons (Fsp3) is 0.333. The fourth-order valence-corrected chi connectivity index (χ4v) is 5.02. The maximum Gasteiger partial charge on any atom is 0.416 e. The van der Waals surface area contributed by atoms with E-state index in [1.165, 1.54) is 18.6 Å². The molecule has 4 aromatic rings. The van der Waals surface area contributed by atoms with Gasteiger partial charge in [0.2, 0.25) is 0 Å². The molecule has 0 saturated heterocycles. The molecule has 2 atom stereocenters. The number of halogens is 3. The summed E-state index contributed by atoms with van der Waals surface area (Å²) in [5.74, 6) is -1.08. The van der Waals surface area contributed by atoms with Crippen molar-refractivity contribution in [3.63, 3.8) is 0 Å². The molecule has 0 radical (unpaired) electrons. The molecular weight excluding hydrogens is 545 g/mol. The van der Waals surface area contributed by atoms with E-state index < -0.39 is 23.8 Å². The number of carboxylic acids is 1. The first-order valence-corrected chi connectivity index (χ1v) is 13.8. The van der Waals surface area contributed by atoms with Crippen LogP contribution in [0.15, 0.2) is 60.7 Å². The van der Waals surface area contributed by atoms with E-state index in [9.17, 15) is 22.8 Å². The van der Waals surface area contributed by atoms with Gasteiger partial charge in [-0.3, -0.25) is 4.79 Å². The van der Waals surface area contributed by atoms with E-state index in [0.717, 1.165) is 34.3 Å². The molecule has 2 N–H and O–H groups in total. The largest absolute Gasteiger partial charge is 0.479 e. The van der Waals surface area contributed by atoms with Crippen LogP contribution in [-0.4, -0.2) is 27.7 Å². The van der Waals surface area contributed by atoms with Crippen LogP contribution >= 0.6 is 0 Å². The number of aromatic nitrogens is 1. The minimum absolute atomic E-state index is 0.0331. The van der Waals surface area contributed by atoms with Crippen molar-refractivity contribution in [2.24, 2.45) is 0 Å². The van der Waals surface area contributed by atoms with E-state index in [1.807, 2.05) is 32.9 Å². The number of benzene rings is 3. The zero-order valence-electron chi connectivity index (χ0n) is 24.5. The van der Waals surface area contributed by atoms with E-state index in [4.69, 9.17) is 9.84 Å². The van der Waals surface area contributed by atoms with Gasteiger partial charge >= 0.3 is 12.1 Å². The van der Waals surface area contributed by atoms with Crippen LogP contribution in [0.3, 0.4) is 0 Å². The molecule has 222 valence electrons. The van der Waals surface area contributed by atoms with Crippen LogP contribution in [0.2, 0.25) is 0 Å². The van der Waals surface area contributed by atoms with Gasteiger partial charge in [-0.2, -0.15) is 13.2 Å². The van der Waals surface area contributed by atoms with Crippen molar-refractivity contribution >= 4 is 22.8 Å². The molecule has 0 bridgehead atoms. The number of carbonyl (C=O) groups excluding carboxylic acids is 1. The molecule has 1 aromatic heterocycles. The number of nitrogens with zero attached hydrogens (tertiary/aromatic N) is 1. The van der Waals surface area contributed by atoms with Crippen LogP contribution in [-0.2, 0) is 17.5 Å². The fourth-order valence-electron chi connectivity index (χ4n) is 5.02. The second-order valence-electron chi connectivity index (χ2n) is 11.0. The average Bonchev–Trinajstić information content (AvgIpc) is 3.16. The number of aliphatic carboxylic acids is 1. The Morgan fingerprint density at radius 3 is 2.29 bits per heavy atom. The van der Waals surface area contributed by atoms with Gasteiger partial charge in [0, 0.05) is 28.7 Å². The highest BCUT2D eigenvalue weighted by atomic mass is 19.4. The molecular formula is C33H35F3N2O4. The highest BCUT2D eigenvalue weighted by Crippen LogP contribution is 2.36. The van der Waals surface area contributed by atoms with Crippen LogP contribution in [0.4, 0.5) is 13.2 Å². The van der Waals surface area contributed by atoms with Crippen molar-refractivity contribution in [2.45, 2.75) is 72.3 Å². The molecule has 0 aliphatic carbocycles. The van der Waals surface area contributed by atoms with Crippen molar-refractivity contribution in [3.05, 3.63) is 99.7 Å². The van der Waals surface area contributed by atoms with Crippen LogP contribution in [0.5, 0.6) is 5.75 Å². The Bertz CT molecular complexity index is 1640. The lowest BCUT2D eigenvalue weighted by Crippen LogP contribution is -2.26. The number of fused-ring (bicyclic) bond motifs is 1. The summed E-state index contributed by atoms with van der Waals surface area (Å²) in [7, 11) is 0. The monoisotopic (exact) mass is 580 g/mol.